The zero-order valence-corrected chi connectivity index (χ0v) is 19.4. The molecular formula is C25H17ClF2N4OS. The number of thiocarbonyl (C=S) groups is 1. The molecule has 0 amide bonds. The molecule has 5 nitrogen and oxygen atoms in total. The summed E-state index contributed by atoms with van der Waals surface area (Å²) in [6.07, 6.45) is 0. The van der Waals surface area contributed by atoms with Gasteiger partial charge in [0.15, 0.2) is 5.11 Å². The number of aromatic nitrogens is 2. The highest BCUT2D eigenvalue weighted by molar-refractivity contribution is 7.80. The van der Waals surface area contributed by atoms with Crippen molar-refractivity contribution in [1.82, 2.24) is 15.5 Å². The van der Waals surface area contributed by atoms with Gasteiger partial charge in [-0.3, -0.25) is 4.90 Å². The first-order chi connectivity index (χ1) is 16.4. The highest BCUT2D eigenvalue weighted by atomic mass is 35.5. The molecule has 34 heavy (non-hydrogen) atoms. The van der Waals surface area contributed by atoms with Gasteiger partial charge in [-0.1, -0.05) is 47.1 Å². The molecule has 0 radical (unpaired) electrons. The normalized spacial score (nSPS) is 16.1. The van der Waals surface area contributed by atoms with Crippen LogP contribution in [0.5, 0.6) is 0 Å². The van der Waals surface area contributed by atoms with Gasteiger partial charge in [0, 0.05) is 22.0 Å². The van der Waals surface area contributed by atoms with E-state index in [9.17, 15) is 8.78 Å². The van der Waals surface area contributed by atoms with E-state index in [-0.39, 0.29) is 17.5 Å². The smallest absolute Gasteiger partial charge is 0.258 e. The van der Waals surface area contributed by atoms with Gasteiger partial charge in [0.2, 0.25) is 5.82 Å². The van der Waals surface area contributed by atoms with Crippen molar-refractivity contribution >= 4 is 40.2 Å². The van der Waals surface area contributed by atoms with Crippen molar-refractivity contribution in [2.45, 2.75) is 13.0 Å². The van der Waals surface area contributed by atoms with E-state index in [1.165, 1.54) is 24.3 Å². The number of benzene rings is 3. The Morgan fingerprint density at radius 1 is 1.00 bits per heavy atom. The van der Waals surface area contributed by atoms with Crippen LogP contribution < -0.4 is 10.2 Å². The van der Waals surface area contributed by atoms with Crippen molar-refractivity contribution < 1.29 is 13.3 Å². The summed E-state index contributed by atoms with van der Waals surface area (Å²) < 4.78 is 33.5. The summed E-state index contributed by atoms with van der Waals surface area (Å²) in [5.74, 6) is -0.359. The van der Waals surface area contributed by atoms with E-state index in [0.717, 1.165) is 5.69 Å². The molecule has 2 heterocycles. The second-order valence-electron chi connectivity index (χ2n) is 7.69. The Balaban J connectivity index is 1.67. The SMILES string of the molecule is CC1=C(c2nc(-c3cccc(F)c3)no2)C(c2cccc(F)c2)NC(=S)N1c1cccc(Cl)c1. The van der Waals surface area contributed by atoms with Gasteiger partial charge in [-0.15, -0.1) is 0 Å². The van der Waals surface area contributed by atoms with E-state index in [1.807, 2.05) is 19.1 Å². The number of nitrogens with one attached hydrogen (secondary N) is 1. The summed E-state index contributed by atoms with van der Waals surface area (Å²) in [5, 5.41) is 8.27. The first-order valence-electron chi connectivity index (χ1n) is 10.3. The number of allylic oxidation sites excluding steroid dienone is 1. The quantitative estimate of drug-likeness (QED) is 0.325. The predicted molar refractivity (Wildman–Crippen MR) is 131 cm³/mol. The molecule has 1 aliphatic heterocycles. The van der Waals surface area contributed by atoms with E-state index in [1.54, 1.807) is 41.3 Å². The molecule has 0 bridgehead atoms. The molecule has 1 aliphatic rings. The van der Waals surface area contributed by atoms with Crippen LogP contribution in [0.3, 0.4) is 0 Å². The molecule has 0 saturated heterocycles. The highest BCUT2D eigenvalue weighted by Crippen LogP contribution is 2.39. The minimum atomic E-state index is -0.556. The zero-order valence-electron chi connectivity index (χ0n) is 17.8. The minimum absolute atomic E-state index is 0.202. The fourth-order valence-corrected chi connectivity index (χ4v) is 4.50. The number of hydrogen-bond donors (Lipinski definition) is 1. The van der Waals surface area contributed by atoms with Gasteiger partial charge in [-0.05, 0) is 67.2 Å². The Morgan fingerprint density at radius 2 is 1.74 bits per heavy atom. The van der Waals surface area contributed by atoms with Crippen molar-refractivity contribution in [2.75, 3.05) is 4.90 Å². The van der Waals surface area contributed by atoms with Gasteiger partial charge in [-0.2, -0.15) is 4.98 Å². The van der Waals surface area contributed by atoms with Gasteiger partial charge >= 0.3 is 0 Å². The third kappa shape index (κ3) is 4.18. The molecule has 1 atom stereocenters. The Morgan fingerprint density at radius 3 is 2.47 bits per heavy atom. The molecule has 170 valence electrons. The lowest BCUT2D eigenvalue weighted by Crippen LogP contribution is -2.46. The summed E-state index contributed by atoms with van der Waals surface area (Å²) in [5.41, 5.74) is 3.15. The van der Waals surface area contributed by atoms with Crippen molar-refractivity contribution in [3.63, 3.8) is 0 Å². The fraction of sp³-hybridized carbons (Fsp3) is 0.0800. The van der Waals surface area contributed by atoms with Crippen molar-refractivity contribution in [2.24, 2.45) is 0 Å². The number of nitrogens with zero attached hydrogens (tertiary/aromatic N) is 3. The summed E-state index contributed by atoms with van der Waals surface area (Å²) in [4.78, 5) is 6.34. The predicted octanol–water partition coefficient (Wildman–Crippen LogP) is 6.54. The molecule has 9 heteroatoms. The van der Waals surface area contributed by atoms with Gasteiger partial charge in [0.25, 0.3) is 5.89 Å². The second kappa shape index (κ2) is 8.96. The Kier molecular flexibility index (Phi) is 5.85. The topological polar surface area (TPSA) is 54.2 Å². The maximum absolute atomic E-state index is 14.1. The summed E-state index contributed by atoms with van der Waals surface area (Å²) in [7, 11) is 0. The van der Waals surface area contributed by atoms with Crippen LogP contribution in [0.15, 0.2) is 83.0 Å². The van der Waals surface area contributed by atoms with Crippen LogP contribution >= 0.6 is 23.8 Å². The first kappa shape index (κ1) is 22.2. The van der Waals surface area contributed by atoms with Gasteiger partial charge in [0.05, 0.1) is 11.6 Å². The highest BCUT2D eigenvalue weighted by Gasteiger charge is 2.35. The molecular weight excluding hydrogens is 478 g/mol. The second-order valence-corrected chi connectivity index (χ2v) is 8.51. The average Bonchev–Trinajstić information content (AvgIpc) is 3.28. The van der Waals surface area contributed by atoms with Crippen LogP contribution in [0.2, 0.25) is 5.02 Å². The molecule has 1 N–H and O–H groups in total. The van der Waals surface area contributed by atoms with Gasteiger partial charge < -0.3 is 9.84 Å². The van der Waals surface area contributed by atoms with Crippen molar-refractivity contribution in [3.8, 4) is 11.4 Å². The van der Waals surface area contributed by atoms with Crippen LogP contribution in [0, 0.1) is 11.6 Å². The largest absolute Gasteiger partial charge is 0.351 e. The molecule has 0 spiro atoms. The summed E-state index contributed by atoms with van der Waals surface area (Å²) in [6, 6.07) is 18.8. The minimum Gasteiger partial charge on any atom is -0.351 e. The van der Waals surface area contributed by atoms with Crippen molar-refractivity contribution in [3.05, 3.63) is 107 Å². The Hall–Kier alpha value is -3.62. The standard InChI is InChI=1S/C25H17ClF2N4OS/c1-14-21(24-30-23(31-33-24)16-6-3-9-19(28)12-16)22(15-5-2-8-18(27)11-15)29-25(34)32(14)20-10-4-7-17(26)13-20/h2-13,22H,1H3,(H,29,34). The lowest BCUT2D eigenvalue weighted by Gasteiger charge is -2.37. The third-order valence-corrected chi connectivity index (χ3v) is 6.01. The molecule has 0 saturated carbocycles. The van der Waals surface area contributed by atoms with Crippen molar-refractivity contribution in [1.29, 1.82) is 0 Å². The molecule has 0 fully saturated rings. The van der Waals surface area contributed by atoms with E-state index in [2.05, 4.69) is 15.5 Å². The average molecular weight is 495 g/mol. The van der Waals surface area contributed by atoms with Crippen LogP contribution in [0.1, 0.15) is 24.4 Å². The van der Waals surface area contributed by atoms with E-state index in [0.29, 0.717) is 32.5 Å². The maximum Gasteiger partial charge on any atom is 0.258 e. The maximum atomic E-state index is 14.1. The molecule has 5 rings (SSSR count). The van der Waals surface area contributed by atoms with Gasteiger partial charge in [0.1, 0.15) is 11.6 Å². The molecule has 1 aromatic heterocycles. The molecule has 1 unspecified atom stereocenters. The van der Waals surface area contributed by atoms with Crippen LogP contribution in [-0.2, 0) is 0 Å². The fourth-order valence-electron chi connectivity index (χ4n) is 3.96. The van der Waals surface area contributed by atoms with E-state index in [4.69, 9.17) is 28.3 Å². The van der Waals surface area contributed by atoms with Gasteiger partial charge in [-0.25, -0.2) is 8.78 Å². The van der Waals surface area contributed by atoms with Crippen LogP contribution in [0.25, 0.3) is 17.0 Å². The Bertz CT molecular complexity index is 1440. The lowest BCUT2D eigenvalue weighted by molar-refractivity contribution is 0.404. The first-order valence-corrected chi connectivity index (χ1v) is 11.1. The monoisotopic (exact) mass is 494 g/mol. The molecule has 4 aromatic rings. The van der Waals surface area contributed by atoms with E-state index < -0.39 is 11.9 Å². The van der Waals surface area contributed by atoms with Crippen LogP contribution in [0.4, 0.5) is 14.5 Å². The number of rotatable bonds is 4. The number of halogens is 3. The Labute approximate surface area is 204 Å². The van der Waals surface area contributed by atoms with E-state index >= 15 is 0 Å². The summed E-state index contributed by atoms with van der Waals surface area (Å²) >= 11 is 11.9. The summed E-state index contributed by atoms with van der Waals surface area (Å²) in [6.45, 7) is 1.86. The van der Waals surface area contributed by atoms with Crippen LogP contribution in [-0.4, -0.2) is 15.3 Å². The zero-order chi connectivity index (χ0) is 23.8. The lowest BCUT2D eigenvalue weighted by atomic mass is 9.94. The molecule has 0 aliphatic carbocycles. The third-order valence-electron chi connectivity index (χ3n) is 5.47. The molecule has 3 aromatic carbocycles. The number of hydrogen-bond acceptors (Lipinski definition) is 4. The number of anilines is 1.